The second kappa shape index (κ2) is 5.85. The maximum atomic E-state index is 12.1. The number of carbonyl (C=O) groups excluding carboxylic acids is 1. The number of aryl methyl sites for hydroxylation is 1. The Balaban J connectivity index is 2.23. The first-order valence-electron chi connectivity index (χ1n) is 6.09. The molecule has 108 valence electrons. The summed E-state index contributed by atoms with van der Waals surface area (Å²) in [6, 6.07) is 9.08. The monoisotopic (exact) mass is 304 g/mol. The molecule has 0 heterocycles. The van der Waals surface area contributed by atoms with E-state index in [0.29, 0.717) is 27.5 Å². The van der Waals surface area contributed by atoms with Gasteiger partial charge in [0.2, 0.25) is 0 Å². The summed E-state index contributed by atoms with van der Waals surface area (Å²) in [7, 11) is 0. The summed E-state index contributed by atoms with van der Waals surface area (Å²) in [4.78, 5) is 23.0. The van der Waals surface area contributed by atoms with Crippen molar-refractivity contribution in [2.45, 2.75) is 6.92 Å². The first-order valence-corrected chi connectivity index (χ1v) is 6.46. The second-order valence-corrected chi connectivity index (χ2v) is 4.93. The quantitative estimate of drug-likeness (QED) is 0.759. The molecule has 0 saturated carbocycles. The van der Waals surface area contributed by atoms with Gasteiger partial charge in [0.1, 0.15) is 0 Å². The van der Waals surface area contributed by atoms with Crippen LogP contribution in [-0.2, 0) is 0 Å². The SMILES string of the molecule is Cc1cc(C(=O)O)ccc1NC(=O)c1ccc(N)c(Cl)c1. The maximum absolute atomic E-state index is 12.1. The Morgan fingerprint density at radius 2 is 1.81 bits per heavy atom. The van der Waals surface area contributed by atoms with Gasteiger partial charge in [-0.3, -0.25) is 4.79 Å². The molecule has 0 aromatic heterocycles. The number of carboxylic acid groups (broad SMARTS) is 1. The third kappa shape index (κ3) is 3.32. The molecule has 5 nitrogen and oxygen atoms in total. The zero-order valence-electron chi connectivity index (χ0n) is 11.2. The van der Waals surface area contributed by atoms with Crippen LogP contribution in [0.5, 0.6) is 0 Å². The van der Waals surface area contributed by atoms with Crippen LogP contribution >= 0.6 is 11.6 Å². The summed E-state index contributed by atoms with van der Waals surface area (Å²) in [6.07, 6.45) is 0. The van der Waals surface area contributed by atoms with Gasteiger partial charge < -0.3 is 16.2 Å². The van der Waals surface area contributed by atoms with Gasteiger partial charge in [0.05, 0.1) is 16.3 Å². The van der Waals surface area contributed by atoms with Gasteiger partial charge in [-0.05, 0) is 48.9 Å². The highest BCUT2D eigenvalue weighted by Crippen LogP contribution is 2.22. The molecule has 0 atom stereocenters. The summed E-state index contributed by atoms with van der Waals surface area (Å²) >= 11 is 5.88. The largest absolute Gasteiger partial charge is 0.478 e. The van der Waals surface area contributed by atoms with Gasteiger partial charge in [-0.1, -0.05) is 11.6 Å². The molecular weight excluding hydrogens is 292 g/mol. The van der Waals surface area contributed by atoms with Crippen molar-refractivity contribution in [2.75, 3.05) is 11.1 Å². The number of nitrogens with one attached hydrogen (secondary N) is 1. The Hall–Kier alpha value is -2.53. The summed E-state index contributed by atoms with van der Waals surface area (Å²) in [6.45, 7) is 1.72. The molecule has 0 bridgehead atoms. The van der Waals surface area contributed by atoms with Gasteiger partial charge in [0.25, 0.3) is 5.91 Å². The molecule has 0 spiro atoms. The molecule has 4 N–H and O–H groups in total. The molecular formula is C15H13ClN2O3. The maximum Gasteiger partial charge on any atom is 0.335 e. The van der Waals surface area contributed by atoms with Crippen molar-refractivity contribution in [1.29, 1.82) is 0 Å². The van der Waals surface area contributed by atoms with E-state index in [9.17, 15) is 9.59 Å². The van der Waals surface area contributed by atoms with Crippen molar-refractivity contribution < 1.29 is 14.7 Å². The zero-order chi connectivity index (χ0) is 15.6. The van der Waals surface area contributed by atoms with Crippen LogP contribution in [0.15, 0.2) is 36.4 Å². The molecule has 0 radical (unpaired) electrons. The lowest BCUT2D eigenvalue weighted by Crippen LogP contribution is -2.13. The summed E-state index contributed by atoms with van der Waals surface area (Å²) in [5, 5.41) is 11.9. The fourth-order valence-electron chi connectivity index (χ4n) is 1.80. The first-order chi connectivity index (χ1) is 9.88. The summed E-state index contributed by atoms with van der Waals surface area (Å²) in [5.74, 6) is -1.36. The van der Waals surface area contributed by atoms with E-state index in [1.807, 2.05) is 0 Å². The number of hydrogen-bond donors (Lipinski definition) is 3. The standard InChI is InChI=1S/C15H13ClN2O3/c1-8-6-10(15(20)21)3-5-13(8)18-14(19)9-2-4-12(17)11(16)7-9/h2-7H,17H2,1H3,(H,18,19)(H,20,21). The Kier molecular flexibility index (Phi) is 4.14. The van der Waals surface area contributed by atoms with Crippen LogP contribution in [0.3, 0.4) is 0 Å². The van der Waals surface area contributed by atoms with E-state index in [4.69, 9.17) is 22.4 Å². The van der Waals surface area contributed by atoms with Crippen molar-refractivity contribution in [3.63, 3.8) is 0 Å². The topological polar surface area (TPSA) is 92.4 Å². The van der Waals surface area contributed by atoms with E-state index in [-0.39, 0.29) is 11.5 Å². The van der Waals surface area contributed by atoms with E-state index < -0.39 is 5.97 Å². The van der Waals surface area contributed by atoms with Crippen molar-refractivity contribution in [2.24, 2.45) is 0 Å². The van der Waals surface area contributed by atoms with E-state index in [0.717, 1.165) is 0 Å². The number of carbonyl (C=O) groups is 2. The average Bonchev–Trinajstić information content (AvgIpc) is 2.43. The van der Waals surface area contributed by atoms with E-state index in [1.165, 1.54) is 18.2 Å². The number of nitrogens with two attached hydrogens (primary N) is 1. The minimum absolute atomic E-state index is 0.168. The van der Waals surface area contributed by atoms with Crippen LogP contribution in [0.1, 0.15) is 26.3 Å². The first kappa shape index (κ1) is 14.9. The molecule has 2 aromatic carbocycles. The molecule has 0 aliphatic rings. The van der Waals surface area contributed by atoms with Crippen LogP contribution in [0.2, 0.25) is 5.02 Å². The number of rotatable bonds is 3. The number of benzene rings is 2. The third-order valence-electron chi connectivity index (χ3n) is 2.98. The molecule has 2 aromatic rings. The smallest absolute Gasteiger partial charge is 0.335 e. The minimum Gasteiger partial charge on any atom is -0.478 e. The fraction of sp³-hybridized carbons (Fsp3) is 0.0667. The van der Waals surface area contributed by atoms with Crippen molar-refractivity contribution in [1.82, 2.24) is 0 Å². The number of hydrogen-bond acceptors (Lipinski definition) is 3. The van der Waals surface area contributed by atoms with Crippen LogP contribution in [0.4, 0.5) is 11.4 Å². The van der Waals surface area contributed by atoms with Crippen LogP contribution < -0.4 is 11.1 Å². The Bertz CT molecular complexity index is 729. The summed E-state index contributed by atoms with van der Waals surface area (Å²) < 4.78 is 0. The lowest BCUT2D eigenvalue weighted by molar-refractivity contribution is 0.0696. The molecule has 0 unspecified atom stereocenters. The van der Waals surface area contributed by atoms with E-state index >= 15 is 0 Å². The van der Waals surface area contributed by atoms with Crippen LogP contribution in [0.25, 0.3) is 0 Å². The lowest BCUT2D eigenvalue weighted by atomic mass is 10.1. The van der Waals surface area contributed by atoms with Crippen molar-refractivity contribution >= 4 is 34.9 Å². The molecule has 2 rings (SSSR count). The zero-order valence-corrected chi connectivity index (χ0v) is 11.9. The van der Waals surface area contributed by atoms with Crippen molar-refractivity contribution in [3.05, 3.63) is 58.1 Å². The number of amides is 1. The molecule has 6 heteroatoms. The predicted octanol–water partition coefficient (Wildman–Crippen LogP) is 3.18. The predicted molar refractivity (Wildman–Crippen MR) is 82.0 cm³/mol. The highest BCUT2D eigenvalue weighted by Gasteiger charge is 2.11. The van der Waals surface area contributed by atoms with Gasteiger partial charge >= 0.3 is 5.97 Å². The van der Waals surface area contributed by atoms with Gasteiger partial charge in [-0.25, -0.2) is 4.79 Å². The Labute approximate surface area is 126 Å². The number of nitrogen functional groups attached to an aromatic ring is 1. The average molecular weight is 305 g/mol. The van der Waals surface area contributed by atoms with Crippen LogP contribution in [-0.4, -0.2) is 17.0 Å². The van der Waals surface area contributed by atoms with Gasteiger partial charge in [-0.15, -0.1) is 0 Å². The highest BCUT2D eigenvalue weighted by atomic mass is 35.5. The second-order valence-electron chi connectivity index (χ2n) is 4.53. The number of carboxylic acids is 1. The number of anilines is 2. The third-order valence-corrected chi connectivity index (χ3v) is 3.31. The van der Waals surface area contributed by atoms with Crippen molar-refractivity contribution in [3.8, 4) is 0 Å². The Morgan fingerprint density at radius 3 is 2.38 bits per heavy atom. The summed E-state index contributed by atoms with van der Waals surface area (Å²) in [5.41, 5.74) is 7.73. The number of aromatic carboxylic acids is 1. The molecule has 0 saturated heterocycles. The molecule has 1 amide bonds. The highest BCUT2D eigenvalue weighted by molar-refractivity contribution is 6.33. The van der Waals surface area contributed by atoms with E-state index in [1.54, 1.807) is 25.1 Å². The fourth-order valence-corrected chi connectivity index (χ4v) is 1.98. The van der Waals surface area contributed by atoms with Gasteiger partial charge in [-0.2, -0.15) is 0 Å². The van der Waals surface area contributed by atoms with Gasteiger partial charge in [0.15, 0.2) is 0 Å². The molecule has 0 aliphatic carbocycles. The molecule has 0 aliphatic heterocycles. The number of halogens is 1. The minimum atomic E-state index is -1.01. The lowest BCUT2D eigenvalue weighted by Gasteiger charge is -2.10. The normalized spacial score (nSPS) is 10.2. The molecule has 21 heavy (non-hydrogen) atoms. The molecule has 0 fully saturated rings. The Morgan fingerprint density at radius 1 is 1.14 bits per heavy atom. The van der Waals surface area contributed by atoms with Gasteiger partial charge in [0, 0.05) is 11.3 Å². The van der Waals surface area contributed by atoms with E-state index in [2.05, 4.69) is 5.32 Å². The van der Waals surface area contributed by atoms with Crippen LogP contribution in [0, 0.1) is 6.92 Å².